The first-order valence-corrected chi connectivity index (χ1v) is 5.22. The third kappa shape index (κ3) is 2.02. The van der Waals surface area contributed by atoms with Crippen LogP contribution in [0.15, 0.2) is 12.1 Å². The molecular formula is C11H10N2O5. The number of esters is 1. The van der Waals surface area contributed by atoms with Crippen LogP contribution in [0.1, 0.15) is 22.3 Å². The fourth-order valence-corrected chi connectivity index (χ4v) is 1.86. The molecule has 0 spiro atoms. The molecule has 1 heterocycles. The van der Waals surface area contributed by atoms with Crippen molar-refractivity contribution >= 4 is 23.3 Å². The van der Waals surface area contributed by atoms with E-state index >= 15 is 0 Å². The number of aryl methyl sites for hydroxylation is 1. The van der Waals surface area contributed by atoms with E-state index in [2.05, 4.69) is 10.1 Å². The Morgan fingerprint density at radius 2 is 2.17 bits per heavy atom. The van der Waals surface area contributed by atoms with Crippen LogP contribution >= 0.6 is 0 Å². The maximum Gasteiger partial charge on any atom is 0.338 e. The Morgan fingerprint density at radius 1 is 1.44 bits per heavy atom. The van der Waals surface area contributed by atoms with E-state index in [0.717, 1.165) is 6.07 Å². The molecule has 0 aliphatic carbocycles. The highest BCUT2D eigenvalue weighted by molar-refractivity contribution is 5.99. The van der Waals surface area contributed by atoms with Gasteiger partial charge in [-0.3, -0.25) is 14.9 Å². The second-order valence-electron chi connectivity index (χ2n) is 3.83. The van der Waals surface area contributed by atoms with Gasteiger partial charge in [-0.2, -0.15) is 0 Å². The van der Waals surface area contributed by atoms with Crippen molar-refractivity contribution in [1.29, 1.82) is 0 Å². The lowest BCUT2D eigenvalue weighted by Gasteiger charge is -2.17. The molecule has 0 radical (unpaired) electrons. The Labute approximate surface area is 102 Å². The number of hydrogen-bond donors (Lipinski definition) is 1. The van der Waals surface area contributed by atoms with Gasteiger partial charge in [-0.05, 0) is 18.1 Å². The molecule has 0 saturated heterocycles. The molecule has 1 aromatic carbocycles. The van der Waals surface area contributed by atoms with E-state index in [-0.39, 0.29) is 29.3 Å². The standard InChI is InChI=1S/C11H10N2O5/c1-18-11(15)7-4-6-2-3-9(14)12-10(6)8(5-7)13(16)17/h4-5H,2-3H2,1H3,(H,12,14). The number of methoxy groups -OCH3 is 1. The summed E-state index contributed by atoms with van der Waals surface area (Å²) in [5.74, 6) is -0.908. The number of benzene rings is 1. The van der Waals surface area contributed by atoms with Gasteiger partial charge in [0, 0.05) is 12.5 Å². The van der Waals surface area contributed by atoms with Crippen molar-refractivity contribution in [3.05, 3.63) is 33.4 Å². The van der Waals surface area contributed by atoms with Crippen molar-refractivity contribution in [2.24, 2.45) is 0 Å². The summed E-state index contributed by atoms with van der Waals surface area (Å²) < 4.78 is 4.53. The number of carbonyl (C=O) groups excluding carboxylic acids is 2. The fourth-order valence-electron chi connectivity index (χ4n) is 1.86. The van der Waals surface area contributed by atoms with Gasteiger partial charge in [-0.15, -0.1) is 0 Å². The van der Waals surface area contributed by atoms with E-state index in [1.54, 1.807) is 0 Å². The number of amides is 1. The molecule has 7 heteroatoms. The molecule has 1 aliphatic rings. The summed E-state index contributed by atoms with van der Waals surface area (Å²) in [4.78, 5) is 33.0. The maximum atomic E-state index is 11.4. The first-order valence-electron chi connectivity index (χ1n) is 5.22. The second-order valence-corrected chi connectivity index (χ2v) is 3.83. The van der Waals surface area contributed by atoms with Crippen LogP contribution in [0.3, 0.4) is 0 Å². The first kappa shape index (κ1) is 12.0. The third-order valence-corrected chi connectivity index (χ3v) is 2.70. The molecule has 2 rings (SSSR count). The number of anilines is 1. The molecule has 1 N–H and O–H groups in total. The number of nitrogens with one attached hydrogen (secondary N) is 1. The molecule has 0 aromatic heterocycles. The van der Waals surface area contributed by atoms with Crippen LogP contribution < -0.4 is 5.32 Å². The maximum absolute atomic E-state index is 11.4. The number of hydrogen-bond acceptors (Lipinski definition) is 5. The topological polar surface area (TPSA) is 98.5 Å². The van der Waals surface area contributed by atoms with Gasteiger partial charge in [-0.25, -0.2) is 4.79 Å². The monoisotopic (exact) mass is 250 g/mol. The minimum absolute atomic E-state index is 0.110. The quantitative estimate of drug-likeness (QED) is 0.484. The second kappa shape index (κ2) is 4.44. The van der Waals surface area contributed by atoms with Crippen LogP contribution in [0.4, 0.5) is 11.4 Å². The summed E-state index contributed by atoms with van der Waals surface area (Å²) >= 11 is 0. The molecule has 0 unspecified atom stereocenters. The highest BCUT2D eigenvalue weighted by Crippen LogP contribution is 2.33. The van der Waals surface area contributed by atoms with Gasteiger partial charge in [-0.1, -0.05) is 0 Å². The molecular weight excluding hydrogens is 240 g/mol. The molecule has 7 nitrogen and oxygen atoms in total. The number of nitro benzene ring substituents is 1. The average Bonchev–Trinajstić information content (AvgIpc) is 2.36. The van der Waals surface area contributed by atoms with Gasteiger partial charge < -0.3 is 10.1 Å². The minimum atomic E-state index is -0.641. The van der Waals surface area contributed by atoms with E-state index in [1.165, 1.54) is 13.2 Å². The highest BCUT2D eigenvalue weighted by atomic mass is 16.6. The van der Waals surface area contributed by atoms with Crippen molar-refractivity contribution < 1.29 is 19.2 Å². The number of rotatable bonds is 2. The van der Waals surface area contributed by atoms with Gasteiger partial charge in [0.05, 0.1) is 17.6 Å². The Morgan fingerprint density at radius 3 is 2.78 bits per heavy atom. The average molecular weight is 250 g/mol. The molecule has 1 amide bonds. The molecule has 0 saturated carbocycles. The van der Waals surface area contributed by atoms with E-state index in [4.69, 9.17) is 0 Å². The summed E-state index contributed by atoms with van der Waals surface area (Å²) in [6, 6.07) is 2.61. The normalized spacial score (nSPS) is 13.5. The fraction of sp³-hybridized carbons (Fsp3) is 0.273. The predicted molar refractivity (Wildman–Crippen MR) is 61.4 cm³/mol. The van der Waals surface area contributed by atoms with Crippen molar-refractivity contribution in [2.75, 3.05) is 12.4 Å². The van der Waals surface area contributed by atoms with Crippen LogP contribution in [0, 0.1) is 10.1 Å². The zero-order valence-corrected chi connectivity index (χ0v) is 9.56. The SMILES string of the molecule is COC(=O)c1cc2c(c([N+](=O)[O-])c1)NC(=O)CC2. The van der Waals surface area contributed by atoms with Crippen LogP contribution in [-0.4, -0.2) is 23.9 Å². The van der Waals surface area contributed by atoms with Crippen LogP contribution in [0.25, 0.3) is 0 Å². The van der Waals surface area contributed by atoms with E-state index < -0.39 is 10.9 Å². The molecule has 18 heavy (non-hydrogen) atoms. The lowest BCUT2D eigenvalue weighted by Crippen LogP contribution is -2.21. The summed E-state index contributed by atoms with van der Waals surface area (Å²) in [6.45, 7) is 0. The van der Waals surface area contributed by atoms with E-state index in [9.17, 15) is 19.7 Å². The largest absolute Gasteiger partial charge is 0.465 e. The van der Waals surface area contributed by atoms with Crippen LogP contribution in [-0.2, 0) is 16.0 Å². The van der Waals surface area contributed by atoms with Gasteiger partial charge in [0.1, 0.15) is 5.69 Å². The van der Waals surface area contributed by atoms with Gasteiger partial charge in [0.25, 0.3) is 5.69 Å². The Bertz CT molecular complexity index is 553. The molecule has 0 bridgehead atoms. The summed E-state index contributed by atoms with van der Waals surface area (Å²) in [7, 11) is 1.20. The molecule has 1 aromatic rings. The number of nitrogens with zero attached hydrogens (tertiary/aromatic N) is 1. The lowest BCUT2D eigenvalue weighted by molar-refractivity contribution is -0.384. The van der Waals surface area contributed by atoms with Gasteiger partial charge >= 0.3 is 5.97 Å². The number of nitro groups is 1. The zero-order valence-electron chi connectivity index (χ0n) is 9.56. The van der Waals surface area contributed by atoms with Gasteiger partial charge in [0.15, 0.2) is 0 Å². The smallest absolute Gasteiger partial charge is 0.338 e. The predicted octanol–water partition coefficient (Wildman–Crippen LogP) is 1.27. The lowest BCUT2D eigenvalue weighted by atomic mass is 9.99. The van der Waals surface area contributed by atoms with Crippen LogP contribution in [0.2, 0.25) is 0 Å². The van der Waals surface area contributed by atoms with Crippen molar-refractivity contribution in [3.8, 4) is 0 Å². The van der Waals surface area contributed by atoms with E-state index in [0.29, 0.717) is 12.0 Å². The van der Waals surface area contributed by atoms with Crippen LogP contribution in [0.5, 0.6) is 0 Å². The Balaban J connectivity index is 2.58. The first-order chi connectivity index (χ1) is 8.52. The number of carbonyl (C=O) groups is 2. The number of fused-ring (bicyclic) bond motifs is 1. The highest BCUT2D eigenvalue weighted by Gasteiger charge is 2.26. The summed E-state index contributed by atoms with van der Waals surface area (Å²) in [5.41, 5.74) is 0.563. The minimum Gasteiger partial charge on any atom is -0.465 e. The summed E-state index contributed by atoms with van der Waals surface area (Å²) in [5, 5.41) is 13.4. The molecule has 94 valence electrons. The molecule has 1 aliphatic heterocycles. The molecule has 0 atom stereocenters. The third-order valence-electron chi connectivity index (χ3n) is 2.70. The van der Waals surface area contributed by atoms with Crippen molar-refractivity contribution in [2.45, 2.75) is 12.8 Å². The van der Waals surface area contributed by atoms with Crippen molar-refractivity contribution in [1.82, 2.24) is 0 Å². The molecule has 0 fully saturated rings. The number of ether oxygens (including phenoxy) is 1. The zero-order chi connectivity index (χ0) is 13.3. The Hall–Kier alpha value is -2.44. The summed E-state index contributed by atoms with van der Waals surface area (Å²) in [6.07, 6.45) is 0.613. The van der Waals surface area contributed by atoms with Crippen molar-refractivity contribution in [3.63, 3.8) is 0 Å². The van der Waals surface area contributed by atoms with Gasteiger partial charge in [0.2, 0.25) is 5.91 Å². The Kier molecular flexibility index (Phi) is 2.97. The van der Waals surface area contributed by atoms with E-state index in [1.807, 2.05) is 0 Å².